The van der Waals surface area contributed by atoms with Crippen molar-refractivity contribution >= 4 is 17.5 Å². The van der Waals surface area contributed by atoms with Crippen molar-refractivity contribution in [1.82, 2.24) is 5.32 Å². The molecule has 6 heteroatoms. The van der Waals surface area contributed by atoms with E-state index >= 15 is 0 Å². The minimum absolute atomic E-state index is 0.00594. The summed E-state index contributed by atoms with van der Waals surface area (Å²) >= 11 is 0. The molecule has 134 valence electrons. The molecular formula is C19H23FN2O3. The van der Waals surface area contributed by atoms with Crippen LogP contribution in [0.1, 0.15) is 42.5 Å². The van der Waals surface area contributed by atoms with E-state index in [4.69, 9.17) is 0 Å². The van der Waals surface area contributed by atoms with E-state index in [9.17, 15) is 19.1 Å². The first kappa shape index (κ1) is 16.5. The molecule has 1 aliphatic heterocycles. The average Bonchev–Trinajstić information content (AvgIpc) is 3.31. The largest absolute Gasteiger partial charge is 0.396 e. The lowest BCUT2D eigenvalue weighted by molar-refractivity contribution is -0.117. The van der Waals surface area contributed by atoms with Gasteiger partial charge in [0.25, 0.3) is 5.91 Å². The van der Waals surface area contributed by atoms with E-state index in [1.54, 1.807) is 11.0 Å². The van der Waals surface area contributed by atoms with Gasteiger partial charge in [-0.15, -0.1) is 0 Å². The number of nitrogens with zero attached hydrogens (tertiary/aromatic N) is 1. The summed E-state index contributed by atoms with van der Waals surface area (Å²) in [6, 6.07) is 4.17. The Labute approximate surface area is 146 Å². The molecule has 1 heterocycles. The highest BCUT2D eigenvalue weighted by Gasteiger charge is 2.47. The van der Waals surface area contributed by atoms with Crippen LogP contribution in [0.2, 0.25) is 0 Å². The minimum Gasteiger partial charge on any atom is -0.396 e. The predicted molar refractivity (Wildman–Crippen MR) is 90.6 cm³/mol. The van der Waals surface area contributed by atoms with Crippen molar-refractivity contribution in [3.8, 4) is 0 Å². The lowest BCUT2D eigenvalue weighted by atomic mass is 9.85. The summed E-state index contributed by atoms with van der Waals surface area (Å²) in [6.07, 6.45) is 4.45. The van der Waals surface area contributed by atoms with Gasteiger partial charge in [0.05, 0.1) is 5.56 Å². The standard InChI is InChI=1S/C19H23FN2O3/c20-16-6-5-13(22-7-1-2-17(22)24)9-14(16)19(25)21-18-12-4-3-11(8-12)15(18)10-23/h5-6,9,11-12,15,18,23H,1-4,7-8,10H2,(H,21,25). The van der Waals surface area contributed by atoms with Crippen LogP contribution < -0.4 is 10.2 Å². The molecule has 0 aromatic heterocycles. The molecule has 1 aromatic carbocycles. The van der Waals surface area contributed by atoms with Gasteiger partial charge in [0, 0.05) is 37.2 Å². The van der Waals surface area contributed by atoms with Crippen molar-refractivity contribution in [2.75, 3.05) is 18.1 Å². The number of nitrogens with one attached hydrogen (secondary N) is 1. The molecule has 2 N–H and O–H groups in total. The first-order valence-corrected chi connectivity index (χ1v) is 9.10. The van der Waals surface area contributed by atoms with E-state index in [1.807, 2.05) is 0 Å². The molecule has 2 saturated carbocycles. The third kappa shape index (κ3) is 2.82. The van der Waals surface area contributed by atoms with Crippen LogP contribution >= 0.6 is 0 Å². The van der Waals surface area contributed by atoms with Gasteiger partial charge >= 0.3 is 0 Å². The quantitative estimate of drug-likeness (QED) is 0.877. The van der Waals surface area contributed by atoms with Crippen molar-refractivity contribution in [2.45, 2.75) is 38.1 Å². The number of halogens is 1. The Hall–Kier alpha value is -1.95. The molecular weight excluding hydrogens is 323 g/mol. The zero-order valence-electron chi connectivity index (χ0n) is 14.1. The van der Waals surface area contributed by atoms with Crippen molar-refractivity contribution < 1.29 is 19.1 Å². The van der Waals surface area contributed by atoms with E-state index in [0.717, 1.165) is 25.7 Å². The molecule has 25 heavy (non-hydrogen) atoms. The van der Waals surface area contributed by atoms with Crippen LogP contribution in [0.5, 0.6) is 0 Å². The molecule has 3 fully saturated rings. The maximum absolute atomic E-state index is 14.2. The summed E-state index contributed by atoms with van der Waals surface area (Å²) in [5, 5.41) is 12.6. The Morgan fingerprint density at radius 3 is 2.84 bits per heavy atom. The fraction of sp³-hybridized carbons (Fsp3) is 0.579. The number of hydrogen-bond acceptors (Lipinski definition) is 3. The molecule has 1 saturated heterocycles. The van der Waals surface area contributed by atoms with Gasteiger partial charge in [-0.2, -0.15) is 0 Å². The molecule has 0 spiro atoms. The second kappa shape index (κ2) is 6.41. The predicted octanol–water partition coefficient (Wildman–Crippen LogP) is 2.09. The summed E-state index contributed by atoms with van der Waals surface area (Å²) in [5.41, 5.74) is 0.539. The molecule has 4 rings (SSSR count). The number of fused-ring (bicyclic) bond motifs is 2. The highest BCUT2D eigenvalue weighted by Crippen LogP contribution is 2.48. The molecule has 2 aliphatic carbocycles. The number of carbonyl (C=O) groups is 2. The van der Waals surface area contributed by atoms with Crippen LogP contribution in [-0.4, -0.2) is 36.1 Å². The van der Waals surface area contributed by atoms with Crippen LogP contribution in [0.3, 0.4) is 0 Å². The van der Waals surface area contributed by atoms with Gasteiger partial charge in [-0.3, -0.25) is 9.59 Å². The number of aliphatic hydroxyl groups excluding tert-OH is 1. The molecule has 5 nitrogen and oxygen atoms in total. The average molecular weight is 346 g/mol. The molecule has 0 radical (unpaired) electrons. The van der Waals surface area contributed by atoms with Crippen molar-refractivity contribution in [2.24, 2.45) is 17.8 Å². The van der Waals surface area contributed by atoms with E-state index < -0.39 is 11.7 Å². The number of carbonyl (C=O) groups excluding carboxylic acids is 2. The second-order valence-corrected chi connectivity index (χ2v) is 7.49. The highest BCUT2D eigenvalue weighted by atomic mass is 19.1. The summed E-state index contributed by atoms with van der Waals surface area (Å²) in [7, 11) is 0. The first-order valence-electron chi connectivity index (χ1n) is 9.10. The Balaban J connectivity index is 1.54. The van der Waals surface area contributed by atoms with Gasteiger partial charge in [0.2, 0.25) is 5.91 Å². The number of rotatable bonds is 4. The van der Waals surface area contributed by atoms with E-state index in [1.165, 1.54) is 12.1 Å². The van der Waals surface area contributed by atoms with E-state index in [0.29, 0.717) is 30.5 Å². The Kier molecular flexibility index (Phi) is 4.23. The number of hydrogen-bond donors (Lipinski definition) is 2. The van der Waals surface area contributed by atoms with Crippen LogP contribution in [0.25, 0.3) is 0 Å². The second-order valence-electron chi connectivity index (χ2n) is 7.49. The first-order chi connectivity index (χ1) is 12.1. The van der Waals surface area contributed by atoms with Crippen molar-refractivity contribution in [3.05, 3.63) is 29.6 Å². The fourth-order valence-corrected chi connectivity index (χ4v) is 4.90. The Morgan fingerprint density at radius 2 is 2.12 bits per heavy atom. The molecule has 4 atom stereocenters. The highest BCUT2D eigenvalue weighted by molar-refractivity contribution is 5.99. The number of amides is 2. The minimum atomic E-state index is -0.586. The SMILES string of the molecule is O=C(NC1C2CCC(C2)C1CO)c1cc(N2CCCC2=O)ccc1F. The van der Waals surface area contributed by atoms with Gasteiger partial charge in [0.15, 0.2) is 0 Å². The van der Waals surface area contributed by atoms with Crippen LogP contribution in [0, 0.1) is 23.6 Å². The molecule has 2 amide bonds. The van der Waals surface area contributed by atoms with Crippen LogP contribution in [-0.2, 0) is 4.79 Å². The summed E-state index contributed by atoms with van der Waals surface area (Å²) in [6.45, 7) is 0.654. The van der Waals surface area contributed by atoms with Gasteiger partial charge < -0.3 is 15.3 Å². The maximum atomic E-state index is 14.2. The maximum Gasteiger partial charge on any atom is 0.254 e. The monoisotopic (exact) mass is 346 g/mol. The molecule has 3 aliphatic rings. The van der Waals surface area contributed by atoms with Gasteiger partial charge in [-0.1, -0.05) is 0 Å². The van der Waals surface area contributed by atoms with Crippen LogP contribution in [0.4, 0.5) is 10.1 Å². The fourth-order valence-electron chi connectivity index (χ4n) is 4.90. The van der Waals surface area contributed by atoms with Crippen LogP contribution in [0.15, 0.2) is 18.2 Å². The van der Waals surface area contributed by atoms with Gasteiger partial charge in [-0.05, 0) is 55.7 Å². The lowest BCUT2D eigenvalue weighted by Gasteiger charge is -2.30. The van der Waals surface area contributed by atoms with Crippen molar-refractivity contribution in [1.29, 1.82) is 0 Å². The summed E-state index contributed by atoms with van der Waals surface area (Å²) in [5.74, 6) is -0.143. The number of anilines is 1. The zero-order valence-corrected chi connectivity index (χ0v) is 14.1. The molecule has 1 aromatic rings. The lowest BCUT2D eigenvalue weighted by Crippen LogP contribution is -2.45. The summed E-state index contributed by atoms with van der Waals surface area (Å²) < 4.78 is 14.2. The normalized spacial score (nSPS) is 31.0. The van der Waals surface area contributed by atoms with Gasteiger partial charge in [-0.25, -0.2) is 4.39 Å². The smallest absolute Gasteiger partial charge is 0.254 e. The Bertz CT molecular complexity index is 708. The molecule has 2 bridgehead atoms. The number of benzene rings is 1. The summed E-state index contributed by atoms with van der Waals surface area (Å²) in [4.78, 5) is 26.2. The topological polar surface area (TPSA) is 69.6 Å². The van der Waals surface area contributed by atoms with E-state index in [-0.39, 0.29) is 30.0 Å². The Morgan fingerprint density at radius 1 is 1.32 bits per heavy atom. The third-order valence-corrected chi connectivity index (χ3v) is 6.18. The van der Waals surface area contributed by atoms with E-state index in [2.05, 4.69) is 5.32 Å². The third-order valence-electron chi connectivity index (χ3n) is 6.18. The number of aliphatic hydroxyl groups is 1. The van der Waals surface area contributed by atoms with Crippen molar-refractivity contribution in [3.63, 3.8) is 0 Å². The van der Waals surface area contributed by atoms with Gasteiger partial charge in [0.1, 0.15) is 5.82 Å². The molecule has 4 unspecified atom stereocenters. The zero-order chi connectivity index (χ0) is 17.6.